The zero-order chi connectivity index (χ0) is 51.9. The van der Waals surface area contributed by atoms with Crippen LogP contribution < -0.4 is 27.0 Å². The third-order valence-corrected chi connectivity index (χ3v) is 10.8. The summed E-state index contributed by atoms with van der Waals surface area (Å²) in [5.41, 5.74) is 10.2. The highest BCUT2D eigenvalue weighted by Crippen LogP contribution is 2.29. The lowest BCUT2D eigenvalue weighted by Gasteiger charge is -2.22. The molecule has 0 saturated carbocycles. The molecule has 1 atom stereocenters. The number of hydrogen-bond acceptors (Lipinski definition) is 14. The number of aliphatic imine (C=N–C) groups is 1. The molecule has 388 valence electrons. The van der Waals surface area contributed by atoms with Crippen LogP contribution in [0.1, 0.15) is 73.0 Å². The van der Waals surface area contributed by atoms with E-state index in [0.717, 1.165) is 30.6 Å². The molecule has 0 saturated heterocycles. The van der Waals surface area contributed by atoms with Crippen LogP contribution in [0.4, 0.5) is 11.4 Å². The zero-order valence-corrected chi connectivity index (χ0v) is 41.5. The third-order valence-electron chi connectivity index (χ3n) is 10.8. The van der Waals surface area contributed by atoms with Gasteiger partial charge in [0.25, 0.3) is 5.91 Å². The fourth-order valence-corrected chi connectivity index (χ4v) is 7.13. The van der Waals surface area contributed by atoms with E-state index in [9.17, 15) is 33.6 Å². The van der Waals surface area contributed by atoms with Crippen molar-refractivity contribution in [3.63, 3.8) is 0 Å². The number of nitrogens with zero attached hydrogens (tertiary/aromatic N) is 4. The van der Waals surface area contributed by atoms with Gasteiger partial charge in [-0.3, -0.25) is 38.5 Å². The van der Waals surface area contributed by atoms with Crippen molar-refractivity contribution in [2.24, 2.45) is 10.7 Å². The van der Waals surface area contributed by atoms with Gasteiger partial charge in [-0.1, -0.05) is 50.2 Å². The Morgan fingerprint density at radius 2 is 1.46 bits per heavy atom. The van der Waals surface area contributed by atoms with Gasteiger partial charge in [0.2, 0.25) is 29.5 Å². The van der Waals surface area contributed by atoms with Gasteiger partial charge in [-0.05, 0) is 54.3 Å². The van der Waals surface area contributed by atoms with Crippen LogP contribution in [0.2, 0.25) is 0 Å². The second-order valence-corrected chi connectivity index (χ2v) is 16.6. The van der Waals surface area contributed by atoms with Crippen molar-refractivity contribution in [3.8, 4) is 0 Å². The second-order valence-electron chi connectivity index (χ2n) is 16.6. The van der Waals surface area contributed by atoms with Gasteiger partial charge in [0.15, 0.2) is 0 Å². The molecule has 6 amide bonds. The molecule has 4 rings (SSSR count). The molecular weight excluding hydrogens is 927 g/mol. The van der Waals surface area contributed by atoms with Gasteiger partial charge in [-0.2, -0.15) is 0 Å². The topological polar surface area (TPSA) is 262 Å². The molecule has 1 aromatic heterocycles. The summed E-state index contributed by atoms with van der Waals surface area (Å²) in [4.78, 5) is 99.4. The Hall–Kier alpha value is -7.13. The van der Waals surface area contributed by atoms with Crippen molar-refractivity contribution in [1.29, 1.82) is 0 Å². The van der Waals surface area contributed by atoms with Gasteiger partial charge in [0.1, 0.15) is 18.2 Å². The maximum atomic E-state index is 13.6. The molecular formula is C52H69N9O11. The first-order chi connectivity index (χ1) is 34.9. The van der Waals surface area contributed by atoms with E-state index in [2.05, 4.69) is 31.2 Å². The number of carbonyl (C=O) groups is 7. The van der Waals surface area contributed by atoms with E-state index < -0.39 is 17.9 Å². The quantitative estimate of drug-likeness (QED) is 0.0334. The van der Waals surface area contributed by atoms with E-state index in [1.807, 2.05) is 49.1 Å². The Morgan fingerprint density at radius 1 is 0.778 bits per heavy atom. The number of fused-ring (bicyclic) bond motifs is 1. The number of likely N-dealkylation sites (N-methyl/N-ethyl adjacent to an activating group) is 1. The van der Waals surface area contributed by atoms with Crippen LogP contribution in [0.3, 0.4) is 0 Å². The number of amidine groups is 1. The van der Waals surface area contributed by atoms with Crippen LogP contribution in [0.15, 0.2) is 89.7 Å². The number of aldehydes is 1. The molecule has 0 aliphatic carbocycles. The number of benzene rings is 2. The van der Waals surface area contributed by atoms with Crippen molar-refractivity contribution in [3.05, 3.63) is 107 Å². The number of carbonyl (C=O) groups excluding carboxylic acids is 7. The van der Waals surface area contributed by atoms with E-state index >= 15 is 0 Å². The number of nitrogens with two attached hydrogens (primary N) is 1. The molecule has 0 unspecified atom stereocenters. The van der Waals surface area contributed by atoms with E-state index in [4.69, 9.17) is 24.7 Å². The average Bonchev–Trinajstić information content (AvgIpc) is 3.55. The number of nitrogens with one attached hydrogen (secondary N) is 4. The Labute approximate surface area is 421 Å². The zero-order valence-electron chi connectivity index (χ0n) is 41.5. The van der Waals surface area contributed by atoms with Crippen LogP contribution >= 0.6 is 0 Å². The molecule has 0 bridgehead atoms. The predicted molar refractivity (Wildman–Crippen MR) is 272 cm³/mol. The third kappa shape index (κ3) is 21.5. The molecule has 20 heteroatoms. The molecule has 0 spiro atoms. The first kappa shape index (κ1) is 57.4. The number of hydrogen-bond donors (Lipinski definition) is 5. The Kier molecular flexibility index (Phi) is 26.1. The smallest absolute Gasteiger partial charge is 0.255 e. The number of rotatable bonds is 33. The summed E-state index contributed by atoms with van der Waals surface area (Å²) in [5.74, 6) is -1.56. The maximum absolute atomic E-state index is 13.6. The van der Waals surface area contributed by atoms with Crippen LogP contribution in [-0.2, 0) is 60.7 Å². The molecule has 6 N–H and O–H groups in total. The number of ether oxygens (including phenoxy) is 4. The minimum absolute atomic E-state index is 0.0226. The lowest BCUT2D eigenvalue weighted by atomic mass is 10.0. The SMILES string of the molecule is CCCN(CCC)C(=O)C1=Cc2ccc(C(=O)Nc3cncc(CNC(=O)[C@H](Cc4ccccc4)NC(=O)CCOCCOCCOCCOCCNC(=O)CCN(C)C(=O)/C=C\C=O)c3)cc2N=C(N)C1. The molecule has 3 aromatic rings. The molecule has 2 aromatic carbocycles. The number of aromatic nitrogens is 1. The summed E-state index contributed by atoms with van der Waals surface area (Å²) in [7, 11) is 1.55. The van der Waals surface area contributed by atoms with E-state index in [1.165, 1.54) is 11.1 Å². The maximum Gasteiger partial charge on any atom is 0.255 e. The Bertz CT molecular complexity index is 2340. The normalized spacial score (nSPS) is 12.4. The molecule has 1 aliphatic heterocycles. The summed E-state index contributed by atoms with van der Waals surface area (Å²) in [6.07, 6.45) is 9.89. The van der Waals surface area contributed by atoms with Crippen molar-refractivity contribution in [1.82, 2.24) is 30.7 Å². The predicted octanol–water partition coefficient (Wildman–Crippen LogP) is 3.28. The van der Waals surface area contributed by atoms with Gasteiger partial charge in [-0.15, -0.1) is 0 Å². The summed E-state index contributed by atoms with van der Waals surface area (Å²) in [6.45, 7) is 8.26. The number of pyridine rings is 1. The van der Waals surface area contributed by atoms with E-state index in [-0.39, 0.29) is 88.1 Å². The van der Waals surface area contributed by atoms with Crippen molar-refractivity contribution in [2.75, 3.05) is 91.4 Å². The van der Waals surface area contributed by atoms with Gasteiger partial charge in [0.05, 0.1) is 70.4 Å². The van der Waals surface area contributed by atoms with E-state index in [1.54, 1.807) is 43.6 Å². The summed E-state index contributed by atoms with van der Waals surface area (Å²) in [5, 5.41) is 11.3. The Balaban J connectivity index is 1.14. The summed E-state index contributed by atoms with van der Waals surface area (Å²) in [6, 6.07) is 15.2. The van der Waals surface area contributed by atoms with Crippen LogP contribution in [0.25, 0.3) is 6.08 Å². The van der Waals surface area contributed by atoms with E-state index in [0.29, 0.717) is 92.6 Å². The first-order valence-corrected chi connectivity index (χ1v) is 24.2. The lowest BCUT2D eigenvalue weighted by molar-refractivity contribution is -0.129. The summed E-state index contributed by atoms with van der Waals surface area (Å²) < 4.78 is 22.1. The van der Waals surface area contributed by atoms with Crippen molar-refractivity contribution >= 4 is 65.0 Å². The molecule has 0 radical (unpaired) electrons. The van der Waals surface area contributed by atoms with Crippen molar-refractivity contribution in [2.45, 2.75) is 65.0 Å². The standard InChI is InChI=1S/C52H69N9O11/c1-4-18-61(19-5-2)52(68)42-32-40-13-14-41(33-44(40)58-46(53)34-42)50(66)57-43-30-39(35-54-37-43)36-56-51(67)45(31-38-10-7-6-8-11-38)59-48(64)16-22-69-24-26-71-28-29-72-27-25-70-23-17-55-47(63)15-20-60(3)49(65)12-9-21-62/h6-14,21,30,32-33,35,37,45H,4-5,15-20,22-29,31,34,36H2,1-3H3,(H2,53,58)(H,55,63)(H,56,67)(H,57,66)(H,59,64)/b12-9-/t45-/m0/s1. The molecule has 1 aliphatic rings. The molecule has 0 fully saturated rings. The highest BCUT2D eigenvalue weighted by Gasteiger charge is 2.23. The lowest BCUT2D eigenvalue weighted by Crippen LogP contribution is -2.48. The van der Waals surface area contributed by atoms with Crippen molar-refractivity contribution < 1.29 is 52.5 Å². The summed E-state index contributed by atoms with van der Waals surface area (Å²) >= 11 is 0. The van der Waals surface area contributed by atoms with Crippen LogP contribution in [-0.4, -0.2) is 154 Å². The highest BCUT2D eigenvalue weighted by atomic mass is 16.6. The number of amides is 6. The van der Waals surface area contributed by atoms with Gasteiger partial charge >= 0.3 is 0 Å². The number of anilines is 1. The van der Waals surface area contributed by atoms with Gasteiger partial charge in [0, 0.05) is 94.4 Å². The number of allylic oxidation sites excluding steroid dienone is 1. The molecule has 20 nitrogen and oxygen atoms in total. The minimum Gasteiger partial charge on any atom is -0.387 e. The fraction of sp³-hybridized carbons (Fsp3) is 0.442. The fourth-order valence-electron chi connectivity index (χ4n) is 7.13. The second kappa shape index (κ2) is 32.7. The highest BCUT2D eigenvalue weighted by molar-refractivity contribution is 6.08. The molecule has 72 heavy (non-hydrogen) atoms. The Morgan fingerprint density at radius 3 is 2.14 bits per heavy atom. The van der Waals surface area contributed by atoms with Crippen LogP contribution in [0.5, 0.6) is 0 Å². The van der Waals surface area contributed by atoms with Crippen LogP contribution in [0, 0.1) is 0 Å². The average molecular weight is 996 g/mol. The molecule has 2 heterocycles. The monoisotopic (exact) mass is 996 g/mol. The minimum atomic E-state index is -0.882. The largest absolute Gasteiger partial charge is 0.387 e. The van der Waals surface area contributed by atoms with Gasteiger partial charge < -0.3 is 55.7 Å². The van der Waals surface area contributed by atoms with Gasteiger partial charge in [-0.25, -0.2) is 4.99 Å². The first-order valence-electron chi connectivity index (χ1n) is 24.2.